The van der Waals surface area contributed by atoms with Gasteiger partial charge in [0.05, 0.1) is 19.3 Å². The van der Waals surface area contributed by atoms with Gasteiger partial charge in [-0.1, -0.05) is 13.8 Å². The number of anilines is 1. The normalized spacial score (nSPS) is 11.5. The fourth-order valence-electron chi connectivity index (χ4n) is 2.62. The molecule has 0 amide bonds. The van der Waals surface area contributed by atoms with E-state index in [2.05, 4.69) is 24.5 Å². The number of nitrogens with zero attached hydrogens (tertiary/aromatic N) is 1. The lowest BCUT2D eigenvalue weighted by atomic mass is 10.2. The highest BCUT2D eigenvalue weighted by molar-refractivity contribution is 14.0. The van der Waals surface area contributed by atoms with Crippen molar-refractivity contribution in [3.8, 4) is 5.75 Å². The Morgan fingerprint density at radius 2 is 1.62 bits per heavy atom. The number of guanidine groups is 1. The molecule has 32 heavy (non-hydrogen) atoms. The highest BCUT2D eigenvalue weighted by Gasteiger charge is 2.03. The quantitative estimate of drug-likeness (QED) is 0.121. The average Bonchev–Trinajstić information content (AvgIpc) is 2.73. The van der Waals surface area contributed by atoms with Crippen molar-refractivity contribution in [2.24, 2.45) is 10.9 Å². The zero-order valence-corrected chi connectivity index (χ0v) is 22.9. The first-order chi connectivity index (χ1) is 15.0. The molecule has 0 aliphatic heterocycles. The number of hydrogen-bond donors (Lipinski definition) is 2. The van der Waals surface area contributed by atoms with Gasteiger partial charge in [0.15, 0.2) is 5.96 Å². The fourth-order valence-corrected chi connectivity index (χ4v) is 2.62. The summed E-state index contributed by atoms with van der Waals surface area (Å²) in [5.74, 6) is 2.20. The molecular formula is C24H44IN3O4. The number of methoxy groups -OCH3 is 1. The summed E-state index contributed by atoms with van der Waals surface area (Å²) in [5.41, 5.74) is 0.973. The Balaban J connectivity index is 0.00000961. The second-order valence-electron chi connectivity index (χ2n) is 8.11. The molecule has 0 unspecified atom stereocenters. The summed E-state index contributed by atoms with van der Waals surface area (Å²) in [6.45, 7) is 13.5. The molecule has 1 aromatic carbocycles. The van der Waals surface area contributed by atoms with Gasteiger partial charge in [-0.3, -0.25) is 4.99 Å². The molecule has 7 nitrogen and oxygen atoms in total. The number of nitrogens with one attached hydrogen (secondary N) is 2. The van der Waals surface area contributed by atoms with Crippen LogP contribution in [0.2, 0.25) is 0 Å². The van der Waals surface area contributed by atoms with E-state index in [1.54, 1.807) is 7.11 Å². The minimum atomic E-state index is 0. The van der Waals surface area contributed by atoms with Crippen molar-refractivity contribution in [3.05, 3.63) is 24.3 Å². The van der Waals surface area contributed by atoms with Gasteiger partial charge in [0.25, 0.3) is 0 Å². The van der Waals surface area contributed by atoms with E-state index in [0.717, 1.165) is 63.0 Å². The minimum absolute atomic E-state index is 0. The monoisotopic (exact) mass is 565 g/mol. The van der Waals surface area contributed by atoms with Crippen LogP contribution in [0.4, 0.5) is 5.69 Å². The first kappa shape index (κ1) is 30.9. The van der Waals surface area contributed by atoms with E-state index in [9.17, 15) is 0 Å². The van der Waals surface area contributed by atoms with Gasteiger partial charge in [0, 0.05) is 45.7 Å². The van der Waals surface area contributed by atoms with Crippen LogP contribution in [-0.2, 0) is 14.2 Å². The molecule has 0 aliphatic rings. The van der Waals surface area contributed by atoms with Gasteiger partial charge in [0.1, 0.15) is 5.75 Å². The molecule has 186 valence electrons. The van der Waals surface area contributed by atoms with Crippen LogP contribution >= 0.6 is 24.0 Å². The van der Waals surface area contributed by atoms with Crippen LogP contribution in [0.1, 0.15) is 47.0 Å². The van der Waals surface area contributed by atoms with Crippen molar-refractivity contribution in [2.75, 3.05) is 58.6 Å². The van der Waals surface area contributed by atoms with Crippen molar-refractivity contribution in [1.82, 2.24) is 5.32 Å². The lowest BCUT2D eigenvalue weighted by Crippen LogP contribution is -2.32. The zero-order chi connectivity index (χ0) is 22.7. The smallest absolute Gasteiger partial charge is 0.195 e. The summed E-state index contributed by atoms with van der Waals surface area (Å²) >= 11 is 0. The van der Waals surface area contributed by atoms with Crippen molar-refractivity contribution in [2.45, 2.75) is 53.1 Å². The molecule has 0 saturated heterocycles. The van der Waals surface area contributed by atoms with Gasteiger partial charge < -0.3 is 29.6 Å². The summed E-state index contributed by atoms with van der Waals surface area (Å²) in [6.07, 6.45) is 3.06. The third-order valence-electron chi connectivity index (χ3n) is 4.10. The number of halogens is 1. The molecular weight excluding hydrogens is 521 g/mol. The number of hydrogen-bond acceptors (Lipinski definition) is 5. The number of aliphatic imine (C=N–C) groups is 1. The second-order valence-corrected chi connectivity index (χ2v) is 8.11. The predicted octanol–water partition coefficient (Wildman–Crippen LogP) is 4.96. The first-order valence-corrected chi connectivity index (χ1v) is 11.5. The molecule has 0 aliphatic carbocycles. The molecule has 0 spiro atoms. The van der Waals surface area contributed by atoms with E-state index in [1.165, 1.54) is 0 Å². The Morgan fingerprint density at radius 3 is 2.28 bits per heavy atom. The maximum absolute atomic E-state index is 5.71. The summed E-state index contributed by atoms with van der Waals surface area (Å²) in [6, 6.07) is 7.95. The van der Waals surface area contributed by atoms with E-state index < -0.39 is 0 Å². The molecule has 0 fully saturated rings. The molecule has 0 saturated carbocycles. The number of unbranched alkanes of at least 4 members (excludes halogenated alkanes) is 1. The maximum Gasteiger partial charge on any atom is 0.195 e. The van der Waals surface area contributed by atoms with Gasteiger partial charge in [0.2, 0.25) is 0 Å². The van der Waals surface area contributed by atoms with Crippen LogP contribution < -0.4 is 15.4 Å². The van der Waals surface area contributed by atoms with E-state index in [4.69, 9.17) is 23.9 Å². The lowest BCUT2D eigenvalue weighted by Gasteiger charge is -2.14. The molecule has 1 aromatic rings. The molecule has 0 bridgehead atoms. The Morgan fingerprint density at radius 1 is 0.906 bits per heavy atom. The molecule has 0 radical (unpaired) electrons. The summed E-state index contributed by atoms with van der Waals surface area (Å²) in [4.78, 5) is 4.70. The van der Waals surface area contributed by atoms with Crippen LogP contribution in [0.15, 0.2) is 29.3 Å². The number of ether oxygens (including phenoxy) is 4. The highest BCUT2D eigenvalue weighted by Crippen LogP contribution is 2.16. The average molecular weight is 566 g/mol. The van der Waals surface area contributed by atoms with Crippen molar-refractivity contribution < 1.29 is 18.9 Å². The van der Waals surface area contributed by atoms with Crippen molar-refractivity contribution in [1.29, 1.82) is 0 Å². The molecule has 1 rings (SSSR count). The van der Waals surface area contributed by atoms with Gasteiger partial charge in [-0.25, -0.2) is 0 Å². The van der Waals surface area contributed by atoms with Gasteiger partial charge in [-0.15, -0.1) is 24.0 Å². The lowest BCUT2D eigenvalue weighted by molar-refractivity contribution is 0.0689. The predicted molar refractivity (Wildman–Crippen MR) is 144 cm³/mol. The maximum atomic E-state index is 5.71. The Bertz CT molecular complexity index is 583. The zero-order valence-electron chi connectivity index (χ0n) is 20.5. The van der Waals surface area contributed by atoms with Crippen molar-refractivity contribution in [3.63, 3.8) is 0 Å². The standard InChI is InChI=1S/C24H43N3O4.HI/c1-20(2)19-30-16-8-14-26-24(25-13-6-7-15-29-18-17-28-5)27-22-9-11-23(12-10-22)31-21(3)4;/h9-12,20-21H,6-8,13-19H2,1-5H3,(H2,25,26,27);1H. The summed E-state index contributed by atoms with van der Waals surface area (Å²) < 4.78 is 21.8. The second kappa shape index (κ2) is 20.5. The van der Waals surface area contributed by atoms with Crippen LogP contribution in [-0.4, -0.2) is 65.3 Å². The van der Waals surface area contributed by atoms with Crippen LogP contribution in [0.3, 0.4) is 0 Å². The SMILES string of the molecule is COCCOCCCCNC(=NCCCOCC(C)C)Nc1ccc(OC(C)C)cc1.I. The third-order valence-corrected chi connectivity index (χ3v) is 4.10. The van der Waals surface area contributed by atoms with E-state index >= 15 is 0 Å². The van der Waals surface area contributed by atoms with E-state index in [0.29, 0.717) is 25.7 Å². The summed E-state index contributed by atoms with van der Waals surface area (Å²) in [5, 5.41) is 6.80. The van der Waals surface area contributed by atoms with E-state index in [1.807, 2.05) is 38.1 Å². The fraction of sp³-hybridized carbons (Fsp3) is 0.708. The number of rotatable bonds is 17. The third kappa shape index (κ3) is 17.5. The first-order valence-electron chi connectivity index (χ1n) is 11.5. The van der Waals surface area contributed by atoms with E-state index in [-0.39, 0.29) is 30.1 Å². The Labute approximate surface area is 212 Å². The molecule has 0 heterocycles. The largest absolute Gasteiger partial charge is 0.491 e. The highest BCUT2D eigenvalue weighted by atomic mass is 127. The van der Waals surface area contributed by atoms with Gasteiger partial charge in [-0.2, -0.15) is 0 Å². The summed E-state index contributed by atoms with van der Waals surface area (Å²) in [7, 11) is 1.68. The van der Waals surface area contributed by atoms with Gasteiger partial charge >= 0.3 is 0 Å². The van der Waals surface area contributed by atoms with Crippen LogP contribution in [0, 0.1) is 5.92 Å². The Hall–Kier alpha value is -1.10. The molecule has 8 heteroatoms. The van der Waals surface area contributed by atoms with Gasteiger partial charge in [-0.05, 0) is 63.3 Å². The minimum Gasteiger partial charge on any atom is -0.491 e. The van der Waals surface area contributed by atoms with Crippen LogP contribution in [0.25, 0.3) is 0 Å². The molecule has 0 atom stereocenters. The van der Waals surface area contributed by atoms with Crippen LogP contribution in [0.5, 0.6) is 5.75 Å². The number of benzene rings is 1. The Kier molecular flexibility index (Phi) is 19.8. The van der Waals surface area contributed by atoms with Crippen molar-refractivity contribution >= 4 is 35.6 Å². The topological polar surface area (TPSA) is 73.3 Å². The molecule has 0 aromatic heterocycles. The molecule has 2 N–H and O–H groups in total.